The molecule has 0 radical (unpaired) electrons. The van der Waals surface area contributed by atoms with Crippen LogP contribution in [0.15, 0.2) is 84.4 Å². The molecule has 0 spiro atoms. The second-order valence-electron chi connectivity index (χ2n) is 12.0. The lowest BCUT2D eigenvalue weighted by molar-refractivity contribution is -0.140. The molecule has 8 nitrogen and oxygen atoms in total. The minimum absolute atomic E-state index is 0.0664. The number of phenolic OH excluding ortho intramolecular Hbond substituents is 1. The van der Waals surface area contributed by atoms with Crippen molar-refractivity contribution in [3.05, 3.63) is 106 Å². The number of carbonyl (C=O) groups is 4. The number of nitrogens with zero attached hydrogens (tertiary/aromatic N) is 2. The number of aryl methyl sites for hydroxylation is 1. The standard InChI is InChI=1S/C34H30ClN3O5/c1-18-8-11-21(12-9-18)36-38-31(41)26-17-24-22(13-14-23-28(24)32(42)37(2)30(23)40)29(25-16-20(35)10-15-27(25)39)34(26,33(38)43)19-6-4-3-5-7-19/h3-13,15-16,23-24,26,28-29,36,39H,14,17H2,1-2H3. The normalized spacial score (nSPS) is 29.7. The van der Waals surface area contributed by atoms with Gasteiger partial charge in [-0.05, 0) is 61.6 Å². The first-order valence-corrected chi connectivity index (χ1v) is 14.8. The van der Waals surface area contributed by atoms with Crippen LogP contribution < -0.4 is 5.43 Å². The van der Waals surface area contributed by atoms with Gasteiger partial charge in [0.25, 0.3) is 11.8 Å². The lowest BCUT2D eigenvalue weighted by Gasteiger charge is -2.50. The van der Waals surface area contributed by atoms with Crippen molar-refractivity contribution in [2.45, 2.75) is 31.1 Å². The third-order valence-electron chi connectivity index (χ3n) is 9.91. The molecule has 6 unspecified atom stereocenters. The van der Waals surface area contributed by atoms with E-state index in [-0.39, 0.29) is 24.0 Å². The Morgan fingerprint density at radius 1 is 0.907 bits per heavy atom. The highest BCUT2D eigenvalue weighted by Gasteiger charge is 2.70. The number of fused-ring (bicyclic) bond motifs is 4. The summed E-state index contributed by atoms with van der Waals surface area (Å²) in [6.45, 7) is 1.95. The molecule has 2 saturated heterocycles. The number of hydrazine groups is 1. The Balaban J connectivity index is 1.48. The zero-order valence-corrected chi connectivity index (χ0v) is 24.4. The Labute approximate surface area is 253 Å². The Morgan fingerprint density at radius 2 is 1.63 bits per heavy atom. The SMILES string of the molecule is Cc1ccc(NN2C(=O)C3CC4C(=CCC5C(=O)N(C)C(=O)C54)C(c4cc(Cl)ccc4O)C3(c3ccccc3)C2=O)cc1. The van der Waals surface area contributed by atoms with E-state index in [1.165, 1.54) is 18.0 Å². The fourth-order valence-corrected chi connectivity index (χ4v) is 8.19. The molecule has 43 heavy (non-hydrogen) atoms. The number of carbonyl (C=O) groups excluding carboxylic acids is 4. The van der Waals surface area contributed by atoms with Gasteiger partial charge in [-0.15, -0.1) is 0 Å². The van der Waals surface area contributed by atoms with Crippen LogP contribution in [0, 0.1) is 30.6 Å². The van der Waals surface area contributed by atoms with Gasteiger partial charge in [0.2, 0.25) is 11.8 Å². The maximum absolute atomic E-state index is 15.0. The average molecular weight is 596 g/mol. The van der Waals surface area contributed by atoms with Crippen LogP contribution in [0.2, 0.25) is 5.02 Å². The van der Waals surface area contributed by atoms with E-state index in [0.717, 1.165) is 16.1 Å². The molecule has 218 valence electrons. The third-order valence-corrected chi connectivity index (χ3v) is 10.1. The molecular weight excluding hydrogens is 566 g/mol. The topological polar surface area (TPSA) is 107 Å². The number of imide groups is 2. The Kier molecular flexibility index (Phi) is 6.25. The highest BCUT2D eigenvalue weighted by Crippen LogP contribution is 2.64. The zero-order chi connectivity index (χ0) is 30.2. The second-order valence-corrected chi connectivity index (χ2v) is 12.5. The van der Waals surface area contributed by atoms with Gasteiger partial charge in [-0.2, -0.15) is 5.01 Å². The molecule has 0 bridgehead atoms. The van der Waals surface area contributed by atoms with Crippen LogP contribution in [0.25, 0.3) is 0 Å². The van der Waals surface area contributed by atoms with E-state index in [1.54, 1.807) is 24.3 Å². The first kappa shape index (κ1) is 27.4. The van der Waals surface area contributed by atoms with Gasteiger partial charge in [0.05, 0.1) is 28.9 Å². The number of aromatic hydroxyl groups is 1. The molecule has 3 fully saturated rings. The minimum Gasteiger partial charge on any atom is -0.508 e. The lowest BCUT2D eigenvalue weighted by Crippen LogP contribution is -2.53. The van der Waals surface area contributed by atoms with Crippen molar-refractivity contribution in [2.75, 3.05) is 12.5 Å². The third kappa shape index (κ3) is 3.82. The number of hydrogen-bond donors (Lipinski definition) is 2. The molecule has 7 rings (SSSR count). The number of halogens is 1. The highest BCUT2D eigenvalue weighted by molar-refractivity contribution is 6.30. The van der Waals surface area contributed by atoms with Gasteiger partial charge >= 0.3 is 0 Å². The summed E-state index contributed by atoms with van der Waals surface area (Å²) in [5.41, 5.74) is 5.02. The number of benzene rings is 3. The number of allylic oxidation sites excluding steroid dienone is 2. The van der Waals surface area contributed by atoms with Crippen molar-refractivity contribution in [1.82, 2.24) is 9.91 Å². The molecule has 2 N–H and O–H groups in total. The smallest absolute Gasteiger partial charge is 0.260 e. The van der Waals surface area contributed by atoms with Gasteiger partial charge in [0.15, 0.2) is 0 Å². The molecule has 9 heteroatoms. The van der Waals surface area contributed by atoms with E-state index >= 15 is 0 Å². The molecule has 4 amide bonds. The first-order valence-electron chi connectivity index (χ1n) is 14.4. The Bertz CT molecular complexity index is 1720. The molecule has 0 aromatic heterocycles. The molecule has 4 aliphatic rings. The minimum atomic E-state index is -1.45. The molecule has 2 aliphatic carbocycles. The molecule has 2 aliphatic heterocycles. The van der Waals surface area contributed by atoms with E-state index in [1.807, 2.05) is 55.5 Å². The maximum Gasteiger partial charge on any atom is 0.260 e. The first-order chi connectivity index (χ1) is 20.6. The lowest BCUT2D eigenvalue weighted by atomic mass is 9.49. The maximum atomic E-state index is 15.0. The van der Waals surface area contributed by atoms with Crippen LogP contribution in [0.1, 0.15) is 35.4 Å². The van der Waals surface area contributed by atoms with Crippen LogP contribution in [0.5, 0.6) is 5.75 Å². The predicted molar refractivity (Wildman–Crippen MR) is 160 cm³/mol. The summed E-state index contributed by atoms with van der Waals surface area (Å²) in [7, 11) is 1.50. The van der Waals surface area contributed by atoms with E-state index < -0.39 is 46.8 Å². The Morgan fingerprint density at radius 3 is 2.35 bits per heavy atom. The van der Waals surface area contributed by atoms with E-state index in [0.29, 0.717) is 28.3 Å². The predicted octanol–water partition coefficient (Wildman–Crippen LogP) is 4.97. The van der Waals surface area contributed by atoms with E-state index in [9.17, 15) is 24.3 Å². The van der Waals surface area contributed by atoms with Crippen LogP contribution in [-0.2, 0) is 24.6 Å². The van der Waals surface area contributed by atoms with Gasteiger partial charge in [0, 0.05) is 23.6 Å². The van der Waals surface area contributed by atoms with Crippen LogP contribution >= 0.6 is 11.6 Å². The summed E-state index contributed by atoms with van der Waals surface area (Å²) in [4.78, 5) is 57.2. The van der Waals surface area contributed by atoms with Gasteiger partial charge in [-0.25, -0.2) is 0 Å². The Hall–Kier alpha value is -4.43. The molecule has 3 aromatic rings. The molecular formula is C34H30ClN3O5. The van der Waals surface area contributed by atoms with E-state index in [4.69, 9.17) is 11.6 Å². The van der Waals surface area contributed by atoms with Gasteiger partial charge < -0.3 is 5.11 Å². The quantitative estimate of drug-likeness (QED) is 0.326. The number of likely N-dealkylation sites (tertiary alicyclic amines) is 1. The number of amides is 4. The van der Waals surface area contributed by atoms with Crippen molar-refractivity contribution in [1.29, 1.82) is 0 Å². The van der Waals surface area contributed by atoms with Gasteiger partial charge in [0.1, 0.15) is 5.75 Å². The second kappa shape index (κ2) is 9.81. The van der Waals surface area contributed by atoms with Crippen LogP contribution in [0.3, 0.4) is 0 Å². The number of rotatable bonds is 4. The number of phenols is 1. The largest absolute Gasteiger partial charge is 0.508 e. The van der Waals surface area contributed by atoms with Gasteiger partial charge in [-0.3, -0.25) is 29.5 Å². The monoisotopic (exact) mass is 595 g/mol. The van der Waals surface area contributed by atoms with Crippen molar-refractivity contribution in [2.24, 2.45) is 23.7 Å². The number of anilines is 1. The molecule has 6 atom stereocenters. The number of hydrogen-bond acceptors (Lipinski definition) is 6. The van der Waals surface area contributed by atoms with Crippen LogP contribution in [0.4, 0.5) is 5.69 Å². The van der Waals surface area contributed by atoms with Crippen LogP contribution in [-0.4, -0.2) is 45.7 Å². The summed E-state index contributed by atoms with van der Waals surface area (Å²) < 4.78 is 0. The zero-order valence-electron chi connectivity index (χ0n) is 23.7. The molecule has 2 heterocycles. The fourth-order valence-electron chi connectivity index (χ4n) is 8.01. The number of nitrogens with one attached hydrogen (secondary N) is 1. The highest BCUT2D eigenvalue weighted by atomic mass is 35.5. The summed E-state index contributed by atoms with van der Waals surface area (Å²) in [6.07, 6.45) is 2.48. The van der Waals surface area contributed by atoms with Crippen molar-refractivity contribution in [3.8, 4) is 5.75 Å². The van der Waals surface area contributed by atoms with Crippen molar-refractivity contribution >= 4 is 40.9 Å². The molecule has 1 saturated carbocycles. The molecule has 3 aromatic carbocycles. The van der Waals surface area contributed by atoms with Crippen molar-refractivity contribution in [3.63, 3.8) is 0 Å². The van der Waals surface area contributed by atoms with E-state index in [2.05, 4.69) is 5.43 Å². The fraction of sp³-hybridized carbons (Fsp3) is 0.294. The summed E-state index contributed by atoms with van der Waals surface area (Å²) in [5.74, 6) is -4.84. The summed E-state index contributed by atoms with van der Waals surface area (Å²) in [5, 5.41) is 12.8. The van der Waals surface area contributed by atoms with Crippen molar-refractivity contribution < 1.29 is 24.3 Å². The summed E-state index contributed by atoms with van der Waals surface area (Å²) >= 11 is 6.50. The summed E-state index contributed by atoms with van der Waals surface area (Å²) in [6, 6.07) is 21.3. The average Bonchev–Trinajstić information content (AvgIpc) is 3.36. The van der Waals surface area contributed by atoms with Gasteiger partial charge in [-0.1, -0.05) is 71.3 Å².